The fourth-order valence-corrected chi connectivity index (χ4v) is 3.21. The molecule has 3 rings (SSSR count). The minimum absolute atomic E-state index is 0.168. The molecule has 0 spiro atoms. The third kappa shape index (κ3) is 3.03. The highest BCUT2D eigenvalue weighted by molar-refractivity contribution is 5.73. The van der Waals surface area contributed by atoms with Crippen LogP contribution in [0.4, 0.5) is 0 Å². The summed E-state index contributed by atoms with van der Waals surface area (Å²) in [6, 6.07) is 12.6. The number of carbonyl (C=O) groups excluding carboxylic acids is 1. The number of aromatic nitrogens is 1. The van der Waals surface area contributed by atoms with Crippen LogP contribution < -0.4 is 0 Å². The summed E-state index contributed by atoms with van der Waals surface area (Å²) < 4.78 is 0. The van der Waals surface area contributed by atoms with Gasteiger partial charge in [0.05, 0.1) is 0 Å². The number of rotatable bonds is 2. The zero-order valence-electron chi connectivity index (χ0n) is 13.2. The quantitative estimate of drug-likeness (QED) is 0.844. The van der Waals surface area contributed by atoms with Gasteiger partial charge in [-0.1, -0.05) is 30.3 Å². The van der Waals surface area contributed by atoms with Gasteiger partial charge < -0.3 is 4.90 Å². The summed E-state index contributed by atoms with van der Waals surface area (Å²) in [5, 5.41) is 0. The fourth-order valence-electron chi connectivity index (χ4n) is 3.21. The topological polar surface area (TPSA) is 33.2 Å². The molecule has 0 unspecified atom stereocenters. The van der Waals surface area contributed by atoms with Crippen molar-refractivity contribution in [1.29, 1.82) is 0 Å². The Labute approximate surface area is 132 Å². The minimum Gasteiger partial charge on any atom is -0.342 e. The van der Waals surface area contributed by atoms with Crippen molar-refractivity contribution in [1.82, 2.24) is 9.88 Å². The Hall–Kier alpha value is -2.16. The number of aryl methyl sites for hydroxylation is 1. The highest BCUT2D eigenvalue weighted by Crippen LogP contribution is 2.28. The lowest BCUT2D eigenvalue weighted by molar-refractivity contribution is -0.130. The third-order valence-electron chi connectivity index (χ3n) is 4.53. The number of benzene rings is 1. The smallest absolute Gasteiger partial charge is 0.219 e. The Morgan fingerprint density at radius 3 is 2.73 bits per heavy atom. The molecular weight excluding hydrogens is 272 g/mol. The molecule has 114 valence electrons. The zero-order chi connectivity index (χ0) is 15.5. The second-order valence-corrected chi connectivity index (χ2v) is 6.09. The van der Waals surface area contributed by atoms with Gasteiger partial charge in [-0.3, -0.25) is 9.78 Å². The molecule has 1 aromatic heterocycles. The maximum atomic E-state index is 11.6. The summed E-state index contributed by atoms with van der Waals surface area (Å²) in [6.07, 6.45) is 4.14. The van der Waals surface area contributed by atoms with E-state index in [4.69, 9.17) is 0 Å². The van der Waals surface area contributed by atoms with Gasteiger partial charge in [0.25, 0.3) is 0 Å². The van der Waals surface area contributed by atoms with E-state index >= 15 is 0 Å². The molecule has 1 aliphatic heterocycles. The molecule has 3 nitrogen and oxygen atoms in total. The first-order chi connectivity index (χ1) is 10.6. The first-order valence-electron chi connectivity index (χ1n) is 7.92. The van der Waals surface area contributed by atoms with Crippen molar-refractivity contribution >= 4 is 5.91 Å². The average molecular weight is 294 g/mol. The van der Waals surface area contributed by atoms with Crippen molar-refractivity contribution in [2.75, 3.05) is 13.1 Å². The largest absolute Gasteiger partial charge is 0.342 e. The lowest BCUT2D eigenvalue weighted by atomic mass is 9.93. The van der Waals surface area contributed by atoms with Gasteiger partial charge in [0.1, 0.15) is 0 Å². The van der Waals surface area contributed by atoms with Crippen molar-refractivity contribution in [2.24, 2.45) is 0 Å². The predicted molar refractivity (Wildman–Crippen MR) is 88.6 cm³/mol. The Morgan fingerprint density at radius 2 is 2.05 bits per heavy atom. The van der Waals surface area contributed by atoms with E-state index < -0.39 is 0 Å². The Kier molecular flexibility index (Phi) is 4.23. The summed E-state index contributed by atoms with van der Waals surface area (Å²) in [5.41, 5.74) is 4.75. The maximum absolute atomic E-state index is 11.6. The molecule has 0 aliphatic carbocycles. The maximum Gasteiger partial charge on any atom is 0.219 e. The van der Waals surface area contributed by atoms with Gasteiger partial charge >= 0.3 is 0 Å². The van der Waals surface area contributed by atoms with Gasteiger partial charge in [-0.2, -0.15) is 0 Å². The van der Waals surface area contributed by atoms with Gasteiger partial charge in [0, 0.05) is 43.4 Å². The van der Waals surface area contributed by atoms with Gasteiger partial charge in [-0.05, 0) is 37.0 Å². The second-order valence-electron chi connectivity index (χ2n) is 6.09. The van der Waals surface area contributed by atoms with Crippen molar-refractivity contribution in [2.45, 2.75) is 32.6 Å². The van der Waals surface area contributed by atoms with E-state index in [1.807, 2.05) is 11.1 Å². The van der Waals surface area contributed by atoms with Crippen molar-refractivity contribution in [3.05, 3.63) is 53.9 Å². The first kappa shape index (κ1) is 14.8. The third-order valence-corrected chi connectivity index (χ3v) is 4.53. The standard InChI is InChI=1S/C19H22N2O/c1-14-6-3-4-8-18(14)16-9-10-19(20-12-16)17-7-5-11-21(13-17)15(2)22/h3-4,6,8-10,12,17H,5,7,11,13H2,1-2H3/t17-/m0/s1. The summed E-state index contributed by atoms with van der Waals surface area (Å²) in [6.45, 7) is 5.45. The number of amides is 1. The lowest BCUT2D eigenvalue weighted by Crippen LogP contribution is -2.37. The monoisotopic (exact) mass is 294 g/mol. The van der Waals surface area contributed by atoms with Gasteiger partial charge in [-0.15, -0.1) is 0 Å². The minimum atomic E-state index is 0.168. The summed E-state index contributed by atoms with van der Waals surface area (Å²) in [5.74, 6) is 0.532. The number of piperidine rings is 1. The molecule has 1 saturated heterocycles. The molecular formula is C19H22N2O. The number of hydrogen-bond donors (Lipinski definition) is 0. The van der Waals surface area contributed by atoms with Crippen LogP contribution in [0.3, 0.4) is 0 Å². The molecule has 1 atom stereocenters. The van der Waals surface area contributed by atoms with E-state index in [0.717, 1.165) is 37.2 Å². The van der Waals surface area contributed by atoms with E-state index in [9.17, 15) is 4.79 Å². The van der Waals surface area contributed by atoms with Crippen LogP contribution in [0.25, 0.3) is 11.1 Å². The van der Waals surface area contributed by atoms with Crippen LogP contribution in [0.1, 0.15) is 36.9 Å². The molecule has 0 bridgehead atoms. The number of carbonyl (C=O) groups is 1. The average Bonchev–Trinajstić information content (AvgIpc) is 2.56. The highest BCUT2D eigenvalue weighted by Gasteiger charge is 2.23. The molecule has 2 aromatic rings. The predicted octanol–water partition coefficient (Wildman–Crippen LogP) is 3.78. The molecule has 2 heterocycles. The van der Waals surface area contributed by atoms with Crippen LogP contribution >= 0.6 is 0 Å². The number of likely N-dealkylation sites (tertiary alicyclic amines) is 1. The van der Waals surface area contributed by atoms with E-state index in [-0.39, 0.29) is 5.91 Å². The van der Waals surface area contributed by atoms with Crippen LogP contribution in [0.15, 0.2) is 42.6 Å². The van der Waals surface area contributed by atoms with Crippen LogP contribution in [0.2, 0.25) is 0 Å². The van der Waals surface area contributed by atoms with Gasteiger partial charge in [0.2, 0.25) is 5.91 Å². The van der Waals surface area contributed by atoms with E-state index in [0.29, 0.717) is 5.92 Å². The molecule has 1 fully saturated rings. The van der Waals surface area contributed by atoms with Crippen LogP contribution in [-0.2, 0) is 4.79 Å². The molecule has 22 heavy (non-hydrogen) atoms. The van der Waals surface area contributed by atoms with Crippen molar-refractivity contribution < 1.29 is 4.79 Å². The number of hydrogen-bond acceptors (Lipinski definition) is 2. The van der Waals surface area contributed by atoms with Crippen molar-refractivity contribution in [3.63, 3.8) is 0 Å². The summed E-state index contributed by atoms with van der Waals surface area (Å²) in [7, 11) is 0. The van der Waals surface area contributed by atoms with Crippen molar-refractivity contribution in [3.8, 4) is 11.1 Å². The molecule has 1 aliphatic rings. The molecule has 0 N–H and O–H groups in total. The van der Waals surface area contributed by atoms with Crippen LogP contribution in [0, 0.1) is 6.92 Å². The molecule has 1 amide bonds. The van der Waals surface area contributed by atoms with Gasteiger partial charge in [-0.25, -0.2) is 0 Å². The van der Waals surface area contributed by atoms with E-state index in [1.165, 1.54) is 11.1 Å². The van der Waals surface area contributed by atoms with E-state index in [2.05, 4.69) is 48.3 Å². The van der Waals surface area contributed by atoms with E-state index in [1.54, 1.807) is 6.92 Å². The summed E-state index contributed by atoms with van der Waals surface area (Å²) in [4.78, 5) is 18.2. The SMILES string of the molecule is CC(=O)N1CCC[C@H](c2ccc(-c3ccccc3C)cn2)C1. The Bertz CT molecular complexity index is 663. The first-order valence-corrected chi connectivity index (χ1v) is 7.92. The van der Waals surface area contributed by atoms with Gasteiger partial charge in [0.15, 0.2) is 0 Å². The zero-order valence-corrected chi connectivity index (χ0v) is 13.2. The van der Waals surface area contributed by atoms with Crippen LogP contribution in [0.5, 0.6) is 0 Å². The Morgan fingerprint density at radius 1 is 1.23 bits per heavy atom. The summed E-state index contributed by atoms with van der Waals surface area (Å²) >= 11 is 0. The lowest BCUT2D eigenvalue weighted by Gasteiger charge is -2.31. The molecule has 1 aromatic carbocycles. The number of pyridine rings is 1. The highest BCUT2D eigenvalue weighted by atomic mass is 16.2. The Balaban J connectivity index is 1.80. The molecule has 3 heteroatoms. The molecule has 0 radical (unpaired) electrons. The second kappa shape index (κ2) is 6.30. The fraction of sp³-hybridized carbons (Fsp3) is 0.368. The van der Waals surface area contributed by atoms with Crippen LogP contribution in [-0.4, -0.2) is 28.9 Å². The number of nitrogens with zero attached hydrogens (tertiary/aromatic N) is 2. The normalized spacial score (nSPS) is 18.3. The molecule has 0 saturated carbocycles.